The molecule has 1 aliphatic rings. The second kappa shape index (κ2) is 3.90. The molecule has 0 aromatic heterocycles. The van der Waals surface area contributed by atoms with Crippen LogP contribution >= 0.6 is 0 Å². The number of nitrogens with one attached hydrogen (secondary N) is 2. The van der Waals surface area contributed by atoms with Gasteiger partial charge in [-0.2, -0.15) is 0 Å². The van der Waals surface area contributed by atoms with Crippen molar-refractivity contribution in [1.29, 1.82) is 0 Å². The predicted molar refractivity (Wildman–Crippen MR) is 54.2 cm³/mol. The van der Waals surface area contributed by atoms with Gasteiger partial charge in [0.1, 0.15) is 0 Å². The summed E-state index contributed by atoms with van der Waals surface area (Å²) in [6, 6.07) is 8.71. The molecule has 1 aromatic rings. The van der Waals surface area contributed by atoms with Gasteiger partial charge in [0.15, 0.2) is 0 Å². The predicted octanol–water partition coefficient (Wildman–Crippen LogP) is 1.62. The molecule has 13 heavy (non-hydrogen) atoms. The Balaban J connectivity index is 1.99. The molecule has 0 unspecified atom stereocenters. The third kappa shape index (κ3) is 2.29. The SMILES string of the molecule is CCc1ccccc1CCC1NN1. The fraction of sp³-hybridized carbons (Fsp3) is 0.455. The zero-order valence-corrected chi connectivity index (χ0v) is 8.01. The lowest BCUT2D eigenvalue weighted by Gasteiger charge is -2.05. The third-order valence-corrected chi connectivity index (χ3v) is 2.55. The van der Waals surface area contributed by atoms with Gasteiger partial charge in [0.2, 0.25) is 0 Å². The van der Waals surface area contributed by atoms with Gasteiger partial charge in [0.25, 0.3) is 0 Å². The van der Waals surface area contributed by atoms with Crippen molar-refractivity contribution in [2.75, 3.05) is 0 Å². The lowest BCUT2D eigenvalue weighted by molar-refractivity contribution is 0.780. The standard InChI is InChI=1S/C11H16N2/c1-2-9-5-3-4-6-10(9)7-8-11-12-13-11/h3-6,11-13H,2,7-8H2,1H3. The monoisotopic (exact) mass is 176 g/mol. The Labute approximate surface area is 79.3 Å². The lowest BCUT2D eigenvalue weighted by Crippen LogP contribution is -1.98. The summed E-state index contributed by atoms with van der Waals surface area (Å²) in [7, 11) is 0. The van der Waals surface area contributed by atoms with Crippen LogP contribution in [-0.2, 0) is 12.8 Å². The third-order valence-electron chi connectivity index (χ3n) is 2.55. The molecule has 1 aliphatic heterocycles. The van der Waals surface area contributed by atoms with Crippen LogP contribution in [0.15, 0.2) is 24.3 Å². The lowest BCUT2D eigenvalue weighted by atomic mass is 10.0. The topological polar surface area (TPSA) is 43.9 Å². The van der Waals surface area contributed by atoms with Crippen molar-refractivity contribution >= 4 is 0 Å². The van der Waals surface area contributed by atoms with Gasteiger partial charge in [-0.1, -0.05) is 31.2 Å². The number of rotatable bonds is 4. The molecule has 0 radical (unpaired) electrons. The molecular weight excluding hydrogens is 160 g/mol. The number of benzene rings is 1. The van der Waals surface area contributed by atoms with E-state index in [1.54, 1.807) is 0 Å². The molecule has 1 saturated heterocycles. The minimum absolute atomic E-state index is 0.560. The number of hydrogen-bond donors (Lipinski definition) is 2. The highest BCUT2D eigenvalue weighted by Crippen LogP contribution is 2.13. The van der Waals surface area contributed by atoms with Crippen LogP contribution in [0.1, 0.15) is 24.5 Å². The van der Waals surface area contributed by atoms with E-state index in [0.29, 0.717) is 6.17 Å². The van der Waals surface area contributed by atoms with E-state index in [2.05, 4.69) is 42.0 Å². The zero-order chi connectivity index (χ0) is 9.10. The molecule has 0 aliphatic carbocycles. The Bertz CT molecular complexity index is 279. The van der Waals surface area contributed by atoms with Gasteiger partial charge >= 0.3 is 0 Å². The molecule has 0 amide bonds. The molecular formula is C11H16N2. The number of hydrogen-bond acceptors (Lipinski definition) is 2. The van der Waals surface area contributed by atoms with E-state index in [0.717, 1.165) is 6.42 Å². The summed E-state index contributed by atoms with van der Waals surface area (Å²) in [6.07, 6.45) is 4.07. The number of hydrazine groups is 1. The average molecular weight is 176 g/mol. The minimum Gasteiger partial charge on any atom is -0.238 e. The van der Waals surface area contributed by atoms with Crippen LogP contribution in [0.5, 0.6) is 0 Å². The molecule has 2 nitrogen and oxygen atoms in total. The van der Waals surface area contributed by atoms with Crippen LogP contribution in [0.25, 0.3) is 0 Å². The summed E-state index contributed by atoms with van der Waals surface area (Å²) in [5, 5.41) is 0. The average Bonchev–Trinajstić information content (AvgIpc) is 2.99. The van der Waals surface area contributed by atoms with E-state index >= 15 is 0 Å². The first-order chi connectivity index (χ1) is 6.40. The fourth-order valence-electron chi connectivity index (χ4n) is 1.65. The summed E-state index contributed by atoms with van der Waals surface area (Å²) in [6.45, 7) is 2.21. The minimum atomic E-state index is 0.560. The Hall–Kier alpha value is -0.860. The van der Waals surface area contributed by atoms with Crippen molar-refractivity contribution in [2.24, 2.45) is 0 Å². The van der Waals surface area contributed by atoms with Crippen molar-refractivity contribution in [3.8, 4) is 0 Å². The highest BCUT2D eigenvalue weighted by Gasteiger charge is 2.18. The molecule has 0 spiro atoms. The first-order valence-electron chi connectivity index (χ1n) is 4.98. The zero-order valence-electron chi connectivity index (χ0n) is 8.01. The van der Waals surface area contributed by atoms with Crippen LogP contribution in [0.3, 0.4) is 0 Å². The first-order valence-corrected chi connectivity index (χ1v) is 4.98. The molecule has 2 rings (SSSR count). The summed E-state index contributed by atoms with van der Waals surface area (Å²) in [4.78, 5) is 0. The normalized spacial score (nSPS) is 16.1. The Morgan fingerprint density at radius 3 is 2.46 bits per heavy atom. The highest BCUT2D eigenvalue weighted by molar-refractivity contribution is 5.27. The van der Waals surface area contributed by atoms with Gasteiger partial charge < -0.3 is 0 Å². The van der Waals surface area contributed by atoms with Crippen LogP contribution < -0.4 is 10.9 Å². The van der Waals surface area contributed by atoms with Gasteiger partial charge in [-0.25, -0.2) is 10.9 Å². The molecule has 2 N–H and O–H groups in total. The smallest absolute Gasteiger partial charge is 0.0836 e. The molecule has 0 saturated carbocycles. The van der Waals surface area contributed by atoms with Gasteiger partial charge in [0, 0.05) is 0 Å². The van der Waals surface area contributed by atoms with Crippen LogP contribution in [0.2, 0.25) is 0 Å². The van der Waals surface area contributed by atoms with E-state index < -0.39 is 0 Å². The maximum atomic E-state index is 3.09. The molecule has 2 heteroatoms. The van der Waals surface area contributed by atoms with E-state index in [1.807, 2.05) is 0 Å². The summed E-state index contributed by atoms with van der Waals surface area (Å²) in [5.74, 6) is 0. The second-order valence-corrected chi connectivity index (χ2v) is 3.50. The summed E-state index contributed by atoms with van der Waals surface area (Å²) < 4.78 is 0. The van der Waals surface area contributed by atoms with Crippen LogP contribution in [0.4, 0.5) is 0 Å². The first kappa shape index (κ1) is 8.73. The largest absolute Gasteiger partial charge is 0.238 e. The van der Waals surface area contributed by atoms with E-state index in [1.165, 1.54) is 24.0 Å². The maximum Gasteiger partial charge on any atom is 0.0836 e. The van der Waals surface area contributed by atoms with E-state index in [9.17, 15) is 0 Å². The molecule has 0 atom stereocenters. The quantitative estimate of drug-likeness (QED) is 0.685. The highest BCUT2D eigenvalue weighted by atomic mass is 15.6. The van der Waals surface area contributed by atoms with Crippen LogP contribution in [-0.4, -0.2) is 6.17 Å². The Morgan fingerprint density at radius 1 is 1.15 bits per heavy atom. The molecule has 70 valence electrons. The Morgan fingerprint density at radius 2 is 1.85 bits per heavy atom. The maximum absolute atomic E-state index is 3.09. The Kier molecular flexibility index (Phi) is 2.62. The second-order valence-electron chi connectivity index (χ2n) is 3.50. The molecule has 1 fully saturated rings. The van der Waals surface area contributed by atoms with Gasteiger partial charge in [-0.05, 0) is 30.4 Å². The fourth-order valence-corrected chi connectivity index (χ4v) is 1.65. The van der Waals surface area contributed by atoms with E-state index in [4.69, 9.17) is 0 Å². The van der Waals surface area contributed by atoms with Gasteiger partial charge in [0.05, 0.1) is 6.17 Å². The summed E-state index contributed by atoms with van der Waals surface area (Å²) >= 11 is 0. The molecule has 0 bridgehead atoms. The van der Waals surface area contributed by atoms with Crippen LogP contribution in [0, 0.1) is 0 Å². The van der Waals surface area contributed by atoms with Crippen molar-refractivity contribution in [3.63, 3.8) is 0 Å². The van der Waals surface area contributed by atoms with Crippen molar-refractivity contribution in [1.82, 2.24) is 10.9 Å². The van der Waals surface area contributed by atoms with Gasteiger partial charge in [-0.15, -0.1) is 0 Å². The summed E-state index contributed by atoms with van der Waals surface area (Å²) in [5.41, 5.74) is 9.17. The van der Waals surface area contributed by atoms with Gasteiger partial charge in [-0.3, -0.25) is 0 Å². The van der Waals surface area contributed by atoms with Crippen molar-refractivity contribution in [2.45, 2.75) is 32.4 Å². The van der Waals surface area contributed by atoms with Crippen molar-refractivity contribution in [3.05, 3.63) is 35.4 Å². The molecule has 1 heterocycles. The molecule has 1 aromatic carbocycles. The number of aryl methyl sites for hydroxylation is 2. The van der Waals surface area contributed by atoms with E-state index in [-0.39, 0.29) is 0 Å². The van der Waals surface area contributed by atoms with Crippen molar-refractivity contribution < 1.29 is 0 Å².